The molecule has 18 heavy (non-hydrogen) atoms. The largest absolute Gasteiger partial charge is 0.316 e. The Balaban J connectivity index is 1.72. The molecule has 98 valence electrons. The summed E-state index contributed by atoms with van der Waals surface area (Å²) in [4.78, 5) is 2.74. The van der Waals surface area contributed by atoms with Crippen LogP contribution in [0.3, 0.4) is 0 Å². The highest BCUT2D eigenvalue weighted by molar-refractivity contribution is 5.14. The summed E-state index contributed by atoms with van der Waals surface area (Å²) in [5.74, 6) is 0.880. The van der Waals surface area contributed by atoms with Gasteiger partial charge in [-0.25, -0.2) is 0 Å². The highest BCUT2D eigenvalue weighted by atomic mass is 15.2. The van der Waals surface area contributed by atoms with E-state index < -0.39 is 0 Å². The molecule has 0 saturated carbocycles. The predicted octanol–water partition coefficient (Wildman–Crippen LogP) is 2.65. The summed E-state index contributed by atoms with van der Waals surface area (Å²) in [6.45, 7) is 4.86. The van der Waals surface area contributed by atoms with Gasteiger partial charge in [-0.3, -0.25) is 4.90 Å². The third kappa shape index (κ3) is 2.76. The molecule has 0 unspecified atom stereocenters. The smallest absolute Gasteiger partial charge is 0.0236 e. The van der Waals surface area contributed by atoms with E-state index in [4.69, 9.17) is 0 Å². The second-order valence-electron chi connectivity index (χ2n) is 5.77. The van der Waals surface area contributed by atoms with Crippen LogP contribution in [0, 0.1) is 5.92 Å². The van der Waals surface area contributed by atoms with Gasteiger partial charge in [0.15, 0.2) is 0 Å². The number of likely N-dealkylation sites (tertiary alicyclic amines) is 1. The molecule has 2 atom stereocenters. The van der Waals surface area contributed by atoms with Gasteiger partial charge >= 0.3 is 0 Å². The number of piperidine rings is 1. The molecule has 0 amide bonds. The summed E-state index contributed by atoms with van der Waals surface area (Å²) in [5, 5.41) is 3.57. The van der Waals surface area contributed by atoms with Gasteiger partial charge in [0, 0.05) is 12.6 Å². The van der Waals surface area contributed by atoms with Gasteiger partial charge in [-0.1, -0.05) is 36.8 Å². The zero-order chi connectivity index (χ0) is 12.2. The van der Waals surface area contributed by atoms with E-state index in [1.54, 1.807) is 0 Å². The Bertz CT molecular complexity index is 363. The van der Waals surface area contributed by atoms with Gasteiger partial charge < -0.3 is 5.32 Å². The van der Waals surface area contributed by atoms with Crippen LogP contribution >= 0.6 is 0 Å². The lowest BCUT2D eigenvalue weighted by atomic mass is 9.89. The van der Waals surface area contributed by atoms with Crippen molar-refractivity contribution in [3.8, 4) is 0 Å². The molecule has 2 heteroatoms. The van der Waals surface area contributed by atoms with Crippen molar-refractivity contribution < 1.29 is 0 Å². The van der Waals surface area contributed by atoms with Gasteiger partial charge in [-0.05, 0) is 50.4 Å². The minimum atomic E-state index is 0.814. The summed E-state index contributed by atoms with van der Waals surface area (Å²) in [6.07, 6.45) is 5.54. The molecule has 1 N–H and O–H groups in total. The van der Waals surface area contributed by atoms with Gasteiger partial charge in [0.2, 0.25) is 0 Å². The molecular formula is C16H24N2. The van der Waals surface area contributed by atoms with Crippen LogP contribution in [-0.2, 0) is 6.54 Å². The maximum absolute atomic E-state index is 3.57. The van der Waals surface area contributed by atoms with Gasteiger partial charge in [-0.15, -0.1) is 0 Å². The van der Waals surface area contributed by atoms with E-state index in [0.717, 1.165) is 18.5 Å². The quantitative estimate of drug-likeness (QED) is 0.860. The number of hydrogen-bond acceptors (Lipinski definition) is 2. The Kier molecular flexibility index (Phi) is 3.96. The van der Waals surface area contributed by atoms with Crippen molar-refractivity contribution in [2.24, 2.45) is 5.92 Å². The van der Waals surface area contributed by atoms with E-state index >= 15 is 0 Å². The van der Waals surface area contributed by atoms with Crippen LogP contribution in [0.4, 0.5) is 0 Å². The van der Waals surface area contributed by atoms with Crippen molar-refractivity contribution in [3.63, 3.8) is 0 Å². The molecule has 0 radical (unpaired) electrons. The Labute approximate surface area is 110 Å². The molecule has 0 aromatic heterocycles. The van der Waals surface area contributed by atoms with E-state index in [2.05, 4.69) is 40.5 Å². The minimum absolute atomic E-state index is 0.814. The normalized spacial score (nSPS) is 29.6. The SMILES string of the molecule is c1ccc(CN2CCCC[C@@H]3CNCC[C@H]32)cc1. The average Bonchev–Trinajstić information content (AvgIpc) is 2.63. The minimum Gasteiger partial charge on any atom is -0.316 e. The van der Waals surface area contributed by atoms with Crippen molar-refractivity contribution in [2.75, 3.05) is 19.6 Å². The van der Waals surface area contributed by atoms with Gasteiger partial charge in [-0.2, -0.15) is 0 Å². The second kappa shape index (κ2) is 5.85. The molecule has 0 aliphatic carbocycles. The lowest BCUT2D eigenvalue weighted by molar-refractivity contribution is 0.118. The van der Waals surface area contributed by atoms with Crippen molar-refractivity contribution in [2.45, 2.75) is 38.3 Å². The molecule has 3 rings (SSSR count). The fourth-order valence-corrected chi connectivity index (χ4v) is 3.59. The first-order valence-corrected chi connectivity index (χ1v) is 7.42. The maximum atomic E-state index is 3.57. The van der Waals surface area contributed by atoms with Crippen LogP contribution in [0.1, 0.15) is 31.2 Å². The molecule has 2 fully saturated rings. The van der Waals surface area contributed by atoms with Crippen molar-refractivity contribution in [1.29, 1.82) is 0 Å². The Hall–Kier alpha value is -0.860. The molecule has 2 saturated heterocycles. The van der Waals surface area contributed by atoms with Gasteiger partial charge in [0.05, 0.1) is 0 Å². The summed E-state index contributed by atoms with van der Waals surface area (Å²) in [6, 6.07) is 11.8. The van der Waals surface area contributed by atoms with Gasteiger partial charge in [0.25, 0.3) is 0 Å². The molecule has 0 spiro atoms. The highest BCUT2D eigenvalue weighted by Gasteiger charge is 2.31. The monoisotopic (exact) mass is 244 g/mol. The average molecular weight is 244 g/mol. The molecule has 2 heterocycles. The highest BCUT2D eigenvalue weighted by Crippen LogP contribution is 2.28. The molecule has 0 bridgehead atoms. The topological polar surface area (TPSA) is 15.3 Å². The standard InChI is InChI=1S/C16H24N2/c1-2-6-14(7-3-1)13-18-11-5-4-8-15-12-17-10-9-16(15)18/h1-3,6-7,15-17H,4-5,8-13H2/t15-,16-/m1/s1. The van der Waals surface area contributed by atoms with Crippen LogP contribution in [0.2, 0.25) is 0 Å². The number of benzene rings is 1. The zero-order valence-corrected chi connectivity index (χ0v) is 11.1. The summed E-state index contributed by atoms with van der Waals surface area (Å²) in [5.41, 5.74) is 1.47. The van der Waals surface area contributed by atoms with E-state index in [1.807, 2.05) is 0 Å². The predicted molar refractivity (Wildman–Crippen MR) is 75.5 cm³/mol. The third-order valence-electron chi connectivity index (χ3n) is 4.54. The van der Waals surface area contributed by atoms with Crippen LogP contribution in [-0.4, -0.2) is 30.6 Å². The molecule has 2 aliphatic rings. The number of fused-ring (bicyclic) bond motifs is 1. The number of rotatable bonds is 2. The molecule has 2 nitrogen and oxygen atoms in total. The first-order chi connectivity index (χ1) is 8.93. The Morgan fingerprint density at radius 3 is 2.89 bits per heavy atom. The lowest BCUT2D eigenvalue weighted by Crippen LogP contribution is -2.48. The molecular weight excluding hydrogens is 220 g/mol. The van der Waals surface area contributed by atoms with Crippen LogP contribution in [0.25, 0.3) is 0 Å². The summed E-state index contributed by atoms with van der Waals surface area (Å²) < 4.78 is 0. The number of nitrogens with one attached hydrogen (secondary N) is 1. The van der Waals surface area contributed by atoms with E-state index in [-0.39, 0.29) is 0 Å². The second-order valence-corrected chi connectivity index (χ2v) is 5.77. The first-order valence-electron chi connectivity index (χ1n) is 7.42. The summed E-state index contributed by atoms with van der Waals surface area (Å²) in [7, 11) is 0. The van der Waals surface area contributed by atoms with E-state index in [0.29, 0.717) is 0 Å². The van der Waals surface area contributed by atoms with Crippen LogP contribution in [0.5, 0.6) is 0 Å². The fraction of sp³-hybridized carbons (Fsp3) is 0.625. The summed E-state index contributed by atoms with van der Waals surface area (Å²) >= 11 is 0. The zero-order valence-electron chi connectivity index (χ0n) is 11.1. The number of nitrogens with zero attached hydrogens (tertiary/aromatic N) is 1. The van der Waals surface area contributed by atoms with Crippen molar-refractivity contribution in [3.05, 3.63) is 35.9 Å². The number of hydrogen-bond donors (Lipinski definition) is 1. The maximum Gasteiger partial charge on any atom is 0.0236 e. The van der Waals surface area contributed by atoms with Crippen molar-refractivity contribution >= 4 is 0 Å². The first kappa shape index (κ1) is 12.2. The van der Waals surface area contributed by atoms with Crippen LogP contribution in [0.15, 0.2) is 30.3 Å². The molecule has 2 aliphatic heterocycles. The van der Waals surface area contributed by atoms with E-state index in [9.17, 15) is 0 Å². The van der Waals surface area contributed by atoms with Crippen molar-refractivity contribution in [1.82, 2.24) is 10.2 Å². The molecule has 1 aromatic rings. The van der Waals surface area contributed by atoms with Gasteiger partial charge in [0.1, 0.15) is 0 Å². The van der Waals surface area contributed by atoms with Crippen LogP contribution < -0.4 is 5.32 Å². The third-order valence-corrected chi connectivity index (χ3v) is 4.54. The Morgan fingerprint density at radius 2 is 2.00 bits per heavy atom. The van der Waals surface area contributed by atoms with E-state index in [1.165, 1.54) is 50.9 Å². The Morgan fingerprint density at radius 1 is 1.11 bits per heavy atom. The lowest BCUT2D eigenvalue weighted by Gasteiger charge is -2.38. The fourth-order valence-electron chi connectivity index (χ4n) is 3.59. The molecule has 1 aromatic carbocycles.